The summed E-state index contributed by atoms with van der Waals surface area (Å²) in [5, 5.41) is 1.10. The van der Waals surface area contributed by atoms with Crippen LogP contribution in [0.2, 0.25) is 0 Å². The van der Waals surface area contributed by atoms with E-state index in [1.807, 2.05) is 13.0 Å². The zero-order chi connectivity index (χ0) is 12.6. The standard InChI is InChI=1S/C12H19NO3/c1-5-7-9-12(15)13(16-11(4)14)10(3)8-6-2/h5-6,8,10H,1,7,9H2,2-4H3. The van der Waals surface area contributed by atoms with E-state index < -0.39 is 5.97 Å². The van der Waals surface area contributed by atoms with Gasteiger partial charge in [0, 0.05) is 13.3 Å². The number of nitrogens with zero attached hydrogens (tertiary/aromatic N) is 1. The van der Waals surface area contributed by atoms with Crippen LogP contribution in [0.4, 0.5) is 0 Å². The number of carbonyl (C=O) groups is 2. The lowest BCUT2D eigenvalue weighted by Crippen LogP contribution is -2.38. The van der Waals surface area contributed by atoms with Crippen LogP contribution < -0.4 is 0 Å². The number of hydrogen-bond donors (Lipinski definition) is 0. The minimum atomic E-state index is -0.497. The van der Waals surface area contributed by atoms with Crippen molar-refractivity contribution in [3.63, 3.8) is 0 Å². The van der Waals surface area contributed by atoms with Crippen LogP contribution in [-0.4, -0.2) is 23.0 Å². The number of hydrogen-bond acceptors (Lipinski definition) is 3. The van der Waals surface area contributed by atoms with Crippen LogP contribution in [0.25, 0.3) is 0 Å². The van der Waals surface area contributed by atoms with Gasteiger partial charge in [0.1, 0.15) is 0 Å². The first kappa shape index (κ1) is 14.4. The third-order valence-electron chi connectivity index (χ3n) is 1.88. The molecule has 4 nitrogen and oxygen atoms in total. The summed E-state index contributed by atoms with van der Waals surface area (Å²) in [7, 11) is 0. The van der Waals surface area contributed by atoms with E-state index in [2.05, 4.69) is 6.58 Å². The maximum Gasteiger partial charge on any atom is 0.329 e. The Morgan fingerprint density at radius 2 is 2.12 bits per heavy atom. The molecule has 0 rings (SSSR count). The van der Waals surface area contributed by atoms with Crippen molar-refractivity contribution in [3.05, 3.63) is 24.8 Å². The topological polar surface area (TPSA) is 46.6 Å². The summed E-state index contributed by atoms with van der Waals surface area (Å²) in [6.07, 6.45) is 6.11. The number of hydroxylamine groups is 2. The molecule has 0 heterocycles. The van der Waals surface area contributed by atoms with Crippen molar-refractivity contribution in [1.82, 2.24) is 5.06 Å². The van der Waals surface area contributed by atoms with Gasteiger partial charge in [-0.05, 0) is 20.3 Å². The zero-order valence-corrected chi connectivity index (χ0v) is 10.1. The summed E-state index contributed by atoms with van der Waals surface area (Å²) in [5.74, 6) is -0.719. The molecule has 90 valence electrons. The highest BCUT2D eigenvalue weighted by Gasteiger charge is 2.20. The molecule has 0 spiro atoms. The van der Waals surface area contributed by atoms with Crippen LogP contribution in [0, 0.1) is 0 Å². The van der Waals surface area contributed by atoms with Crippen LogP contribution >= 0.6 is 0 Å². The lowest BCUT2D eigenvalue weighted by molar-refractivity contribution is -0.201. The Hall–Kier alpha value is -1.58. The number of allylic oxidation sites excluding steroid dienone is 2. The Labute approximate surface area is 96.5 Å². The quantitative estimate of drug-likeness (QED) is 0.532. The summed E-state index contributed by atoms with van der Waals surface area (Å²) >= 11 is 0. The first-order valence-corrected chi connectivity index (χ1v) is 5.27. The third-order valence-corrected chi connectivity index (χ3v) is 1.88. The average molecular weight is 225 g/mol. The molecule has 0 aliphatic carbocycles. The minimum Gasteiger partial charge on any atom is -0.338 e. The summed E-state index contributed by atoms with van der Waals surface area (Å²) < 4.78 is 0. The monoisotopic (exact) mass is 225 g/mol. The van der Waals surface area contributed by atoms with Crippen molar-refractivity contribution < 1.29 is 14.4 Å². The van der Waals surface area contributed by atoms with Gasteiger partial charge in [0.15, 0.2) is 0 Å². The largest absolute Gasteiger partial charge is 0.338 e. The number of amides is 1. The molecule has 0 saturated carbocycles. The van der Waals surface area contributed by atoms with Gasteiger partial charge in [-0.2, -0.15) is 5.06 Å². The molecule has 0 fully saturated rings. The molecule has 0 radical (unpaired) electrons. The maximum atomic E-state index is 11.7. The molecule has 0 aliphatic rings. The summed E-state index contributed by atoms with van der Waals surface area (Å²) in [6, 6.07) is -0.258. The van der Waals surface area contributed by atoms with Crippen molar-refractivity contribution in [2.45, 2.75) is 39.7 Å². The smallest absolute Gasteiger partial charge is 0.329 e. The van der Waals surface area contributed by atoms with Gasteiger partial charge in [0.05, 0.1) is 6.04 Å². The zero-order valence-electron chi connectivity index (χ0n) is 10.1. The van der Waals surface area contributed by atoms with Crippen LogP contribution in [0.5, 0.6) is 0 Å². The van der Waals surface area contributed by atoms with E-state index in [9.17, 15) is 9.59 Å². The van der Waals surface area contributed by atoms with E-state index in [4.69, 9.17) is 4.84 Å². The van der Waals surface area contributed by atoms with Crippen molar-refractivity contribution in [3.8, 4) is 0 Å². The Morgan fingerprint density at radius 1 is 1.50 bits per heavy atom. The van der Waals surface area contributed by atoms with Gasteiger partial charge in [-0.1, -0.05) is 18.2 Å². The fourth-order valence-corrected chi connectivity index (χ4v) is 1.19. The molecule has 0 N–H and O–H groups in total. The molecular formula is C12H19NO3. The van der Waals surface area contributed by atoms with E-state index >= 15 is 0 Å². The number of rotatable bonds is 5. The van der Waals surface area contributed by atoms with E-state index in [0.29, 0.717) is 12.8 Å². The van der Waals surface area contributed by atoms with Crippen molar-refractivity contribution in [2.24, 2.45) is 0 Å². The van der Waals surface area contributed by atoms with E-state index in [-0.39, 0.29) is 11.9 Å². The first-order valence-electron chi connectivity index (χ1n) is 5.27. The van der Waals surface area contributed by atoms with Crippen molar-refractivity contribution >= 4 is 11.9 Å². The van der Waals surface area contributed by atoms with Crippen LogP contribution in [0.3, 0.4) is 0 Å². The molecule has 0 aromatic carbocycles. The molecule has 4 heteroatoms. The molecule has 1 unspecified atom stereocenters. The Morgan fingerprint density at radius 3 is 2.56 bits per heavy atom. The van der Waals surface area contributed by atoms with Gasteiger partial charge >= 0.3 is 5.97 Å². The molecular weight excluding hydrogens is 206 g/mol. The van der Waals surface area contributed by atoms with E-state index in [0.717, 1.165) is 5.06 Å². The predicted octanol–water partition coefficient (Wildman–Crippen LogP) is 2.22. The summed E-state index contributed by atoms with van der Waals surface area (Å²) in [5.41, 5.74) is 0. The second-order valence-corrected chi connectivity index (χ2v) is 3.40. The molecule has 0 aromatic heterocycles. The summed E-state index contributed by atoms with van der Waals surface area (Å²) in [6.45, 7) is 8.45. The van der Waals surface area contributed by atoms with Gasteiger partial charge in [-0.3, -0.25) is 9.59 Å². The minimum absolute atomic E-state index is 0.222. The molecule has 16 heavy (non-hydrogen) atoms. The van der Waals surface area contributed by atoms with Crippen LogP contribution in [0.1, 0.15) is 33.6 Å². The second kappa shape index (κ2) is 7.68. The Bertz CT molecular complexity index is 284. The second-order valence-electron chi connectivity index (χ2n) is 3.40. The lowest BCUT2D eigenvalue weighted by atomic mass is 10.2. The highest BCUT2D eigenvalue weighted by atomic mass is 16.7. The van der Waals surface area contributed by atoms with Gasteiger partial charge in [-0.25, -0.2) is 0 Å². The maximum absolute atomic E-state index is 11.7. The summed E-state index contributed by atoms with van der Waals surface area (Å²) in [4.78, 5) is 27.5. The van der Waals surface area contributed by atoms with Gasteiger partial charge in [0.25, 0.3) is 5.91 Å². The van der Waals surface area contributed by atoms with Crippen molar-refractivity contribution in [1.29, 1.82) is 0 Å². The lowest BCUT2D eigenvalue weighted by Gasteiger charge is -2.24. The average Bonchev–Trinajstić information content (AvgIpc) is 2.22. The fraction of sp³-hybridized carbons (Fsp3) is 0.500. The fourth-order valence-electron chi connectivity index (χ4n) is 1.19. The number of carbonyl (C=O) groups excluding carboxylic acids is 2. The van der Waals surface area contributed by atoms with Gasteiger partial charge in [0.2, 0.25) is 0 Å². The first-order chi connectivity index (χ1) is 7.52. The van der Waals surface area contributed by atoms with Gasteiger partial charge in [-0.15, -0.1) is 6.58 Å². The highest BCUT2D eigenvalue weighted by molar-refractivity contribution is 5.78. The van der Waals surface area contributed by atoms with Crippen LogP contribution in [-0.2, 0) is 14.4 Å². The van der Waals surface area contributed by atoms with E-state index in [1.165, 1.54) is 6.92 Å². The Kier molecular flexibility index (Phi) is 6.92. The molecule has 0 saturated heterocycles. The highest BCUT2D eigenvalue weighted by Crippen LogP contribution is 2.07. The Balaban J connectivity index is 4.57. The van der Waals surface area contributed by atoms with Crippen LogP contribution in [0.15, 0.2) is 24.8 Å². The third kappa shape index (κ3) is 5.34. The molecule has 0 aromatic rings. The SMILES string of the molecule is C=CCCC(=O)N(OC(C)=O)C(C)C=CC. The van der Waals surface area contributed by atoms with E-state index in [1.54, 1.807) is 19.1 Å². The molecule has 1 atom stereocenters. The molecule has 1 amide bonds. The predicted molar refractivity (Wildman–Crippen MR) is 62.3 cm³/mol. The molecule has 0 bridgehead atoms. The van der Waals surface area contributed by atoms with Gasteiger partial charge < -0.3 is 4.84 Å². The normalized spacial score (nSPS) is 12.2. The van der Waals surface area contributed by atoms with Crippen molar-refractivity contribution in [2.75, 3.05) is 0 Å². The molecule has 0 aliphatic heterocycles.